The lowest BCUT2D eigenvalue weighted by molar-refractivity contribution is 0.316. The maximum atomic E-state index is 10.5. The van der Waals surface area contributed by atoms with Crippen LogP contribution in [0.3, 0.4) is 0 Å². The Balaban J connectivity index is 2.23. The van der Waals surface area contributed by atoms with Crippen molar-refractivity contribution in [1.82, 2.24) is 4.98 Å². The minimum Gasteiger partial charge on any atom is -0.492 e. The van der Waals surface area contributed by atoms with Crippen molar-refractivity contribution in [1.29, 1.82) is 0 Å². The zero-order chi connectivity index (χ0) is 10.4. The molecule has 0 radical (unpaired) electrons. The Morgan fingerprint density at radius 3 is 2.86 bits per heavy atom. The Morgan fingerprint density at radius 2 is 2.29 bits per heavy atom. The highest BCUT2D eigenvalue weighted by atomic mass is 35.7. The molecule has 14 heavy (non-hydrogen) atoms. The molecule has 0 aromatic carbocycles. The third kappa shape index (κ3) is 5.04. The first-order valence-corrected chi connectivity index (χ1v) is 6.51. The molecule has 78 valence electrons. The van der Waals surface area contributed by atoms with Crippen molar-refractivity contribution in [3.8, 4) is 5.75 Å². The Kier molecular flexibility index (Phi) is 4.16. The monoisotopic (exact) mass is 235 g/mol. The second kappa shape index (κ2) is 5.17. The maximum Gasteiger partial charge on any atom is 0.232 e. The van der Waals surface area contributed by atoms with Gasteiger partial charge >= 0.3 is 0 Å². The van der Waals surface area contributed by atoms with Crippen LogP contribution in [0.1, 0.15) is 6.42 Å². The summed E-state index contributed by atoms with van der Waals surface area (Å²) in [6.07, 6.45) is 3.58. The number of nitrogens with zero attached hydrogens (tertiary/aromatic N) is 1. The van der Waals surface area contributed by atoms with E-state index >= 15 is 0 Å². The van der Waals surface area contributed by atoms with Crippen LogP contribution in [0.4, 0.5) is 0 Å². The fourth-order valence-electron chi connectivity index (χ4n) is 0.854. The van der Waals surface area contributed by atoms with Crippen LogP contribution >= 0.6 is 10.7 Å². The first-order chi connectivity index (χ1) is 6.58. The highest BCUT2D eigenvalue weighted by Crippen LogP contribution is 2.07. The molecule has 1 rings (SSSR count). The number of pyridine rings is 1. The van der Waals surface area contributed by atoms with E-state index in [4.69, 9.17) is 15.4 Å². The molecular weight excluding hydrogens is 226 g/mol. The topological polar surface area (TPSA) is 56.3 Å². The van der Waals surface area contributed by atoms with Gasteiger partial charge in [-0.05, 0) is 18.6 Å². The molecule has 1 heterocycles. The quantitative estimate of drug-likeness (QED) is 0.572. The SMILES string of the molecule is O=S(=O)(Cl)CCCOc1cccnc1. The van der Waals surface area contributed by atoms with Gasteiger partial charge in [0.25, 0.3) is 0 Å². The molecule has 1 aromatic heterocycles. The minimum absolute atomic E-state index is 0.0746. The zero-order valence-corrected chi connectivity index (χ0v) is 8.96. The van der Waals surface area contributed by atoms with Crippen LogP contribution < -0.4 is 4.74 Å². The first-order valence-electron chi connectivity index (χ1n) is 4.03. The highest BCUT2D eigenvalue weighted by Gasteiger charge is 2.04. The summed E-state index contributed by atoms with van der Waals surface area (Å²) in [7, 11) is 1.62. The van der Waals surface area contributed by atoms with Crippen LogP contribution in [-0.2, 0) is 9.05 Å². The molecule has 0 N–H and O–H groups in total. The van der Waals surface area contributed by atoms with Crippen LogP contribution in [0.25, 0.3) is 0 Å². The predicted octanol–water partition coefficient (Wildman–Crippen LogP) is 1.42. The third-order valence-electron chi connectivity index (χ3n) is 1.44. The van der Waals surface area contributed by atoms with Gasteiger partial charge in [0.2, 0.25) is 9.05 Å². The minimum atomic E-state index is -3.40. The standard InChI is InChI=1S/C8H10ClNO3S/c9-14(11,12)6-2-5-13-8-3-1-4-10-7-8/h1,3-4,7H,2,5-6H2. The molecule has 0 spiro atoms. The molecule has 0 fully saturated rings. The number of halogens is 1. The van der Waals surface area contributed by atoms with Gasteiger partial charge in [0.15, 0.2) is 0 Å². The molecule has 1 aromatic rings. The van der Waals surface area contributed by atoms with Crippen molar-refractivity contribution in [3.05, 3.63) is 24.5 Å². The molecule has 4 nitrogen and oxygen atoms in total. The van der Waals surface area contributed by atoms with Gasteiger partial charge in [-0.25, -0.2) is 8.42 Å². The molecule has 0 aliphatic heterocycles. The number of hydrogen-bond acceptors (Lipinski definition) is 4. The Morgan fingerprint density at radius 1 is 1.50 bits per heavy atom. The van der Waals surface area contributed by atoms with Crippen molar-refractivity contribution in [2.24, 2.45) is 0 Å². The lowest BCUT2D eigenvalue weighted by Gasteiger charge is -2.03. The molecule has 0 aliphatic carbocycles. The van der Waals surface area contributed by atoms with Crippen molar-refractivity contribution < 1.29 is 13.2 Å². The summed E-state index contributed by atoms with van der Waals surface area (Å²) in [6, 6.07) is 3.50. The van der Waals surface area contributed by atoms with Crippen molar-refractivity contribution in [3.63, 3.8) is 0 Å². The van der Waals surface area contributed by atoms with Crippen LogP contribution in [0, 0.1) is 0 Å². The van der Waals surface area contributed by atoms with E-state index in [0.717, 1.165) is 0 Å². The van der Waals surface area contributed by atoms with Gasteiger partial charge < -0.3 is 4.74 Å². The number of aromatic nitrogens is 1. The fourth-order valence-corrected chi connectivity index (χ4v) is 1.64. The lowest BCUT2D eigenvalue weighted by Crippen LogP contribution is -2.04. The van der Waals surface area contributed by atoms with E-state index < -0.39 is 9.05 Å². The molecule has 0 saturated carbocycles. The number of rotatable bonds is 5. The average Bonchev–Trinajstić information content (AvgIpc) is 2.13. The van der Waals surface area contributed by atoms with E-state index in [1.165, 1.54) is 0 Å². The van der Waals surface area contributed by atoms with Gasteiger partial charge in [-0.3, -0.25) is 4.98 Å². The third-order valence-corrected chi connectivity index (χ3v) is 2.67. The van der Waals surface area contributed by atoms with Gasteiger partial charge in [0, 0.05) is 16.9 Å². The van der Waals surface area contributed by atoms with Crippen LogP contribution in [0.15, 0.2) is 24.5 Å². The normalized spacial score (nSPS) is 11.2. The summed E-state index contributed by atoms with van der Waals surface area (Å²) in [5, 5.41) is 0. The average molecular weight is 236 g/mol. The molecule has 6 heteroatoms. The van der Waals surface area contributed by atoms with E-state index in [1.54, 1.807) is 24.5 Å². The van der Waals surface area contributed by atoms with Crippen LogP contribution in [0.2, 0.25) is 0 Å². The van der Waals surface area contributed by atoms with E-state index in [2.05, 4.69) is 4.98 Å². The zero-order valence-electron chi connectivity index (χ0n) is 7.39. The largest absolute Gasteiger partial charge is 0.492 e. The Labute approximate surface area is 87.3 Å². The second-order valence-corrected chi connectivity index (χ2v) is 5.53. The van der Waals surface area contributed by atoms with Crippen LogP contribution in [-0.4, -0.2) is 25.8 Å². The summed E-state index contributed by atoms with van der Waals surface area (Å²) in [6.45, 7) is 0.317. The lowest BCUT2D eigenvalue weighted by atomic mass is 10.4. The molecule has 0 atom stereocenters. The number of ether oxygens (including phenoxy) is 1. The van der Waals surface area contributed by atoms with E-state index in [1.807, 2.05) is 0 Å². The van der Waals surface area contributed by atoms with E-state index in [0.29, 0.717) is 18.8 Å². The first kappa shape index (κ1) is 11.3. The maximum absolute atomic E-state index is 10.5. The molecule has 0 unspecified atom stereocenters. The molecule has 0 aliphatic rings. The summed E-state index contributed by atoms with van der Waals surface area (Å²) < 4.78 is 26.3. The number of hydrogen-bond donors (Lipinski definition) is 0. The second-order valence-electron chi connectivity index (χ2n) is 2.63. The predicted molar refractivity (Wildman–Crippen MR) is 54.0 cm³/mol. The van der Waals surface area contributed by atoms with Gasteiger partial charge in [-0.15, -0.1) is 0 Å². The van der Waals surface area contributed by atoms with Crippen molar-refractivity contribution in [2.75, 3.05) is 12.4 Å². The van der Waals surface area contributed by atoms with Crippen LogP contribution in [0.5, 0.6) is 5.75 Å². The Hall–Kier alpha value is -0.810. The summed E-state index contributed by atoms with van der Waals surface area (Å²) in [4.78, 5) is 3.84. The van der Waals surface area contributed by atoms with E-state index in [-0.39, 0.29) is 5.75 Å². The van der Waals surface area contributed by atoms with Gasteiger partial charge in [0.1, 0.15) is 5.75 Å². The van der Waals surface area contributed by atoms with Gasteiger partial charge in [0.05, 0.1) is 18.6 Å². The van der Waals surface area contributed by atoms with E-state index in [9.17, 15) is 8.42 Å². The molecule has 0 saturated heterocycles. The summed E-state index contributed by atoms with van der Waals surface area (Å²) in [5.74, 6) is 0.550. The Bertz CT molecular complexity index is 365. The van der Waals surface area contributed by atoms with Gasteiger partial charge in [-0.1, -0.05) is 0 Å². The smallest absolute Gasteiger partial charge is 0.232 e. The summed E-state index contributed by atoms with van der Waals surface area (Å²) >= 11 is 0. The molecule has 0 bridgehead atoms. The fraction of sp³-hybridized carbons (Fsp3) is 0.375. The van der Waals surface area contributed by atoms with Crippen molar-refractivity contribution in [2.45, 2.75) is 6.42 Å². The summed E-state index contributed by atoms with van der Waals surface area (Å²) in [5.41, 5.74) is 0. The highest BCUT2D eigenvalue weighted by molar-refractivity contribution is 8.13. The molecular formula is C8H10ClNO3S. The van der Waals surface area contributed by atoms with Crippen molar-refractivity contribution >= 4 is 19.7 Å². The van der Waals surface area contributed by atoms with Gasteiger partial charge in [-0.2, -0.15) is 0 Å². The molecule has 0 amide bonds.